The molecule has 3 nitrogen and oxygen atoms in total. The number of halogens is 1. The third-order valence-corrected chi connectivity index (χ3v) is 3.73. The molecule has 0 radical (unpaired) electrons. The van der Waals surface area contributed by atoms with E-state index in [-0.39, 0.29) is 18.3 Å². The van der Waals surface area contributed by atoms with Crippen LogP contribution >= 0.6 is 12.4 Å². The zero-order valence-corrected chi connectivity index (χ0v) is 13.0. The van der Waals surface area contributed by atoms with Gasteiger partial charge in [-0.05, 0) is 43.4 Å². The minimum Gasteiger partial charge on any atom is -0.352 e. The van der Waals surface area contributed by atoms with Crippen LogP contribution in [0.15, 0.2) is 24.3 Å². The predicted octanol–water partition coefficient (Wildman–Crippen LogP) is 2.47. The van der Waals surface area contributed by atoms with E-state index in [4.69, 9.17) is 0 Å². The Bertz CT molecular complexity index is 399. The fourth-order valence-electron chi connectivity index (χ4n) is 2.47. The van der Waals surface area contributed by atoms with Gasteiger partial charge < -0.3 is 10.6 Å². The average Bonchev–Trinajstić information content (AvgIpc) is 2.47. The molecule has 1 atom stereocenters. The Kier molecular flexibility index (Phi) is 7.63. The molecule has 20 heavy (non-hydrogen) atoms. The lowest BCUT2D eigenvalue weighted by molar-refractivity contribution is -0.121. The molecule has 1 heterocycles. The normalized spacial score (nSPS) is 18.1. The van der Waals surface area contributed by atoms with E-state index in [1.54, 1.807) is 0 Å². The van der Waals surface area contributed by atoms with Crippen LogP contribution in [0.1, 0.15) is 37.3 Å². The smallest absolute Gasteiger partial charge is 0.220 e. The van der Waals surface area contributed by atoms with Crippen molar-refractivity contribution in [2.75, 3.05) is 13.1 Å². The van der Waals surface area contributed by atoms with Crippen molar-refractivity contribution in [2.24, 2.45) is 0 Å². The average molecular weight is 297 g/mol. The standard InChI is InChI=1S/C16H24N2O.ClH/c1-2-13-5-7-14(8-6-13)9-10-16(19)18-15-4-3-11-17-12-15;/h5-8,15,17H,2-4,9-12H2,1H3,(H,18,19);1H/t15-;/m0./s1. The zero-order chi connectivity index (χ0) is 13.5. The van der Waals surface area contributed by atoms with Crippen molar-refractivity contribution >= 4 is 18.3 Å². The molecule has 4 heteroatoms. The first-order chi connectivity index (χ1) is 9.28. The molecular formula is C16H25ClN2O. The van der Waals surface area contributed by atoms with E-state index in [1.807, 2.05) is 0 Å². The van der Waals surface area contributed by atoms with Gasteiger partial charge in [0.15, 0.2) is 0 Å². The van der Waals surface area contributed by atoms with E-state index in [0.717, 1.165) is 38.8 Å². The number of amides is 1. The fourth-order valence-corrected chi connectivity index (χ4v) is 2.47. The molecule has 1 saturated heterocycles. The summed E-state index contributed by atoms with van der Waals surface area (Å²) in [7, 11) is 0. The molecule has 1 amide bonds. The van der Waals surface area contributed by atoms with Crippen LogP contribution in [0, 0.1) is 0 Å². The molecule has 0 saturated carbocycles. The summed E-state index contributed by atoms with van der Waals surface area (Å²) < 4.78 is 0. The van der Waals surface area contributed by atoms with Crippen molar-refractivity contribution < 1.29 is 4.79 Å². The van der Waals surface area contributed by atoms with Gasteiger partial charge in [0.05, 0.1) is 0 Å². The molecule has 1 aliphatic heterocycles. The third-order valence-electron chi connectivity index (χ3n) is 3.73. The van der Waals surface area contributed by atoms with Gasteiger partial charge in [-0.25, -0.2) is 0 Å². The van der Waals surface area contributed by atoms with Crippen LogP contribution < -0.4 is 10.6 Å². The van der Waals surface area contributed by atoms with Gasteiger partial charge in [0.25, 0.3) is 0 Å². The van der Waals surface area contributed by atoms with Crippen molar-refractivity contribution in [2.45, 2.75) is 45.1 Å². The van der Waals surface area contributed by atoms with Crippen LogP contribution in [0.4, 0.5) is 0 Å². The maximum absolute atomic E-state index is 11.9. The Morgan fingerprint density at radius 2 is 2.00 bits per heavy atom. The molecule has 0 aliphatic carbocycles. The maximum atomic E-state index is 11.9. The maximum Gasteiger partial charge on any atom is 0.220 e. The number of carbonyl (C=O) groups excluding carboxylic acids is 1. The minimum absolute atomic E-state index is 0. The van der Waals surface area contributed by atoms with Gasteiger partial charge in [-0.1, -0.05) is 31.2 Å². The molecule has 1 aromatic rings. The minimum atomic E-state index is 0. The molecule has 2 rings (SSSR count). The number of nitrogens with one attached hydrogen (secondary N) is 2. The van der Waals surface area contributed by atoms with Crippen LogP contribution in [0.2, 0.25) is 0 Å². The Morgan fingerprint density at radius 3 is 2.60 bits per heavy atom. The molecule has 1 aliphatic rings. The third kappa shape index (κ3) is 5.51. The van der Waals surface area contributed by atoms with Gasteiger partial charge in [0.1, 0.15) is 0 Å². The Balaban J connectivity index is 0.00000200. The lowest BCUT2D eigenvalue weighted by atomic mass is 10.0. The molecule has 1 aromatic carbocycles. The van der Waals surface area contributed by atoms with Crippen molar-refractivity contribution in [1.29, 1.82) is 0 Å². The van der Waals surface area contributed by atoms with Gasteiger partial charge in [-0.2, -0.15) is 0 Å². The van der Waals surface area contributed by atoms with E-state index >= 15 is 0 Å². The molecule has 0 bridgehead atoms. The molecule has 0 unspecified atom stereocenters. The highest BCUT2D eigenvalue weighted by atomic mass is 35.5. The number of aryl methyl sites for hydroxylation is 2. The summed E-state index contributed by atoms with van der Waals surface area (Å²) in [6.45, 7) is 4.15. The van der Waals surface area contributed by atoms with Crippen LogP contribution in [-0.4, -0.2) is 25.0 Å². The number of hydrogen-bond donors (Lipinski definition) is 2. The first kappa shape index (κ1) is 17.0. The second-order valence-corrected chi connectivity index (χ2v) is 5.28. The highest BCUT2D eigenvalue weighted by Gasteiger charge is 2.14. The largest absolute Gasteiger partial charge is 0.352 e. The number of carbonyl (C=O) groups is 1. The van der Waals surface area contributed by atoms with E-state index in [2.05, 4.69) is 41.8 Å². The zero-order valence-electron chi connectivity index (χ0n) is 12.2. The molecule has 1 fully saturated rings. The summed E-state index contributed by atoms with van der Waals surface area (Å²) >= 11 is 0. The van der Waals surface area contributed by atoms with Crippen LogP contribution in [-0.2, 0) is 17.6 Å². The predicted molar refractivity (Wildman–Crippen MR) is 85.4 cm³/mol. The molecule has 0 spiro atoms. The number of benzene rings is 1. The van der Waals surface area contributed by atoms with Crippen LogP contribution in [0.5, 0.6) is 0 Å². The second-order valence-electron chi connectivity index (χ2n) is 5.28. The highest BCUT2D eigenvalue weighted by Crippen LogP contribution is 2.08. The van der Waals surface area contributed by atoms with Crippen molar-refractivity contribution in [3.05, 3.63) is 35.4 Å². The molecule has 0 aromatic heterocycles. The monoisotopic (exact) mass is 296 g/mol. The van der Waals surface area contributed by atoms with Gasteiger partial charge in [0.2, 0.25) is 5.91 Å². The highest BCUT2D eigenvalue weighted by molar-refractivity contribution is 5.85. The van der Waals surface area contributed by atoms with Gasteiger partial charge in [0, 0.05) is 19.0 Å². The quantitative estimate of drug-likeness (QED) is 0.876. The number of hydrogen-bond acceptors (Lipinski definition) is 2. The molecule has 112 valence electrons. The van der Waals surface area contributed by atoms with E-state index in [9.17, 15) is 4.79 Å². The Hall–Kier alpha value is -1.06. The summed E-state index contributed by atoms with van der Waals surface area (Å²) in [5, 5.41) is 6.42. The summed E-state index contributed by atoms with van der Waals surface area (Å²) in [6.07, 6.45) is 4.74. The number of rotatable bonds is 5. The van der Waals surface area contributed by atoms with E-state index < -0.39 is 0 Å². The van der Waals surface area contributed by atoms with Crippen molar-refractivity contribution in [3.63, 3.8) is 0 Å². The Labute approximate surface area is 127 Å². The molecule has 2 N–H and O–H groups in total. The second kappa shape index (κ2) is 8.98. The van der Waals surface area contributed by atoms with Crippen LogP contribution in [0.25, 0.3) is 0 Å². The van der Waals surface area contributed by atoms with Crippen molar-refractivity contribution in [1.82, 2.24) is 10.6 Å². The van der Waals surface area contributed by atoms with Gasteiger partial charge >= 0.3 is 0 Å². The van der Waals surface area contributed by atoms with Crippen molar-refractivity contribution in [3.8, 4) is 0 Å². The summed E-state index contributed by atoms with van der Waals surface area (Å²) in [5.74, 6) is 0.174. The fraction of sp³-hybridized carbons (Fsp3) is 0.562. The first-order valence-electron chi connectivity index (χ1n) is 7.36. The van der Waals surface area contributed by atoms with Gasteiger partial charge in [-0.15, -0.1) is 12.4 Å². The SMILES string of the molecule is CCc1ccc(CCC(=O)N[C@H]2CCCNC2)cc1.Cl. The first-order valence-corrected chi connectivity index (χ1v) is 7.36. The summed E-state index contributed by atoms with van der Waals surface area (Å²) in [6, 6.07) is 8.89. The topological polar surface area (TPSA) is 41.1 Å². The lowest BCUT2D eigenvalue weighted by Gasteiger charge is -2.23. The van der Waals surface area contributed by atoms with Gasteiger partial charge in [-0.3, -0.25) is 4.79 Å². The van der Waals surface area contributed by atoms with E-state index in [1.165, 1.54) is 11.1 Å². The lowest BCUT2D eigenvalue weighted by Crippen LogP contribution is -2.45. The Morgan fingerprint density at radius 1 is 1.30 bits per heavy atom. The number of piperidine rings is 1. The molecular weight excluding hydrogens is 272 g/mol. The summed E-state index contributed by atoms with van der Waals surface area (Å²) in [5.41, 5.74) is 2.59. The van der Waals surface area contributed by atoms with E-state index in [0.29, 0.717) is 12.5 Å². The van der Waals surface area contributed by atoms with Crippen LogP contribution in [0.3, 0.4) is 0 Å². The summed E-state index contributed by atoms with van der Waals surface area (Å²) in [4.78, 5) is 11.9.